The summed E-state index contributed by atoms with van der Waals surface area (Å²) < 4.78 is 0. The predicted octanol–water partition coefficient (Wildman–Crippen LogP) is 2.37. The van der Waals surface area contributed by atoms with Gasteiger partial charge in [-0.1, -0.05) is 35.3 Å². The second-order valence-electron chi connectivity index (χ2n) is 6.17. The molecule has 1 amide bonds. The zero-order chi connectivity index (χ0) is 16.9. The van der Waals surface area contributed by atoms with E-state index in [1.165, 1.54) is 16.7 Å². The van der Waals surface area contributed by atoms with Gasteiger partial charge in [0.2, 0.25) is 0 Å². The molecular formula is C18H20Cl2N3O+. The molecule has 0 radical (unpaired) electrons. The van der Waals surface area contributed by atoms with Crippen LogP contribution in [0.3, 0.4) is 0 Å². The van der Waals surface area contributed by atoms with Crippen molar-refractivity contribution < 1.29 is 9.69 Å². The minimum absolute atomic E-state index is 0.0784. The van der Waals surface area contributed by atoms with Crippen molar-refractivity contribution in [3.8, 4) is 0 Å². The quantitative estimate of drug-likeness (QED) is 0.818. The Labute approximate surface area is 151 Å². The number of benzene rings is 1. The monoisotopic (exact) mass is 364 g/mol. The van der Waals surface area contributed by atoms with Crippen LogP contribution in [0.15, 0.2) is 42.6 Å². The van der Waals surface area contributed by atoms with E-state index >= 15 is 0 Å². The topological polar surface area (TPSA) is 46.4 Å². The normalized spacial score (nSPS) is 20.6. The van der Waals surface area contributed by atoms with Crippen molar-refractivity contribution in [1.29, 1.82) is 0 Å². The molecule has 1 aromatic heterocycles. The number of likely N-dealkylation sites (tertiary alicyclic amines) is 1. The first kappa shape index (κ1) is 17.2. The number of hydrogen-bond donors (Lipinski definition) is 2. The summed E-state index contributed by atoms with van der Waals surface area (Å²) in [5, 5.41) is 4.26. The number of quaternary nitrogens is 1. The molecule has 0 saturated carbocycles. The summed E-state index contributed by atoms with van der Waals surface area (Å²) in [4.78, 5) is 17.7. The van der Waals surface area contributed by atoms with E-state index in [0.717, 1.165) is 37.5 Å². The Morgan fingerprint density at radius 2 is 1.83 bits per heavy atom. The van der Waals surface area contributed by atoms with Crippen molar-refractivity contribution in [3.63, 3.8) is 0 Å². The molecule has 0 unspecified atom stereocenters. The maximum absolute atomic E-state index is 12.2. The van der Waals surface area contributed by atoms with Gasteiger partial charge >= 0.3 is 0 Å². The van der Waals surface area contributed by atoms with E-state index in [0.29, 0.717) is 10.7 Å². The summed E-state index contributed by atoms with van der Waals surface area (Å²) >= 11 is 11.7. The fourth-order valence-electron chi connectivity index (χ4n) is 3.02. The molecule has 126 valence electrons. The summed E-state index contributed by atoms with van der Waals surface area (Å²) in [6.45, 7) is 3.10. The van der Waals surface area contributed by atoms with Gasteiger partial charge in [0.05, 0.1) is 18.7 Å². The number of amides is 1. The number of aromatic nitrogens is 1. The Morgan fingerprint density at radius 1 is 1.12 bits per heavy atom. The molecule has 2 N–H and O–H groups in total. The third kappa shape index (κ3) is 4.69. The Kier molecular flexibility index (Phi) is 5.72. The first-order valence-corrected chi connectivity index (χ1v) is 8.86. The van der Waals surface area contributed by atoms with Crippen LogP contribution in [0.1, 0.15) is 28.8 Å². The van der Waals surface area contributed by atoms with Gasteiger partial charge in [0, 0.05) is 35.7 Å². The van der Waals surface area contributed by atoms with Crippen LogP contribution in [0.2, 0.25) is 10.2 Å². The molecule has 1 aliphatic heterocycles. The molecule has 4 nitrogen and oxygen atoms in total. The zero-order valence-electron chi connectivity index (χ0n) is 13.3. The van der Waals surface area contributed by atoms with Gasteiger partial charge in [0.25, 0.3) is 5.91 Å². The Hall–Kier alpha value is -1.62. The van der Waals surface area contributed by atoms with Gasteiger partial charge in [-0.05, 0) is 24.3 Å². The standard InChI is InChI=1S/C18H19Cl2N3O/c19-15-4-1-13(2-5-15)12-23-9-7-16(8-10-23)22-18(24)14-3-6-17(20)21-11-14/h1-6,11,16H,7-10,12H2,(H,22,24)/p+1. The van der Waals surface area contributed by atoms with Crippen LogP contribution >= 0.6 is 23.2 Å². The van der Waals surface area contributed by atoms with E-state index in [4.69, 9.17) is 23.2 Å². The third-order valence-electron chi connectivity index (χ3n) is 4.38. The summed E-state index contributed by atoms with van der Waals surface area (Å²) in [5.41, 5.74) is 1.85. The molecule has 0 aliphatic carbocycles. The van der Waals surface area contributed by atoms with Crippen molar-refractivity contribution in [1.82, 2.24) is 10.3 Å². The van der Waals surface area contributed by atoms with Crippen molar-refractivity contribution in [2.75, 3.05) is 13.1 Å². The molecule has 24 heavy (non-hydrogen) atoms. The Bertz CT molecular complexity index is 680. The number of nitrogens with one attached hydrogen (secondary N) is 2. The molecule has 0 bridgehead atoms. The highest BCUT2D eigenvalue weighted by atomic mass is 35.5. The van der Waals surface area contributed by atoms with Crippen LogP contribution < -0.4 is 10.2 Å². The summed E-state index contributed by atoms with van der Waals surface area (Å²) in [6.07, 6.45) is 3.48. The molecule has 1 aliphatic rings. The van der Waals surface area contributed by atoms with Gasteiger partial charge in [0.1, 0.15) is 11.7 Å². The molecule has 2 heterocycles. The Balaban J connectivity index is 1.47. The van der Waals surface area contributed by atoms with Gasteiger partial charge in [0.15, 0.2) is 0 Å². The first-order chi connectivity index (χ1) is 11.6. The maximum Gasteiger partial charge on any atom is 0.253 e. The lowest BCUT2D eigenvalue weighted by atomic mass is 10.0. The summed E-state index contributed by atoms with van der Waals surface area (Å²) in [7, 11) is 0. The lowest BCUT2D eigenvalue weighted by Gasteiger charge is -2.29. The second-order valence-corrected chi connectivity index (χ2v) is 6.99. The molecule has 0 spiro atoms. The lowest BCUT2D eigenvalue weighted by molar-refractivity contribution is -0.918. The first-order valence-electron chi connectivity index (χ1n) is 8.10. The van der Waals surface area contributed by atoms with E-state index in [1.807, 2.05) is 12.1 Å². The fraction of sp³-hybridized carbons (Fsp3) is 0.333. The highest BCUT2D eigenvalue weighted by molar-refractivity contribution is 6.30. The number of halogens is 2. The molecule has 6 heteroatoms. The number of rotatable bonds is 4. The maximum atomic E-state index is 12.2. The molecule has 2 aromatic rings. The highest BCUT2D eigenvalue weighted by Crippen LogP contribution is 2.10. The molecular weight excluding hydrogens is 345 g/mol. The molecule has 1 aromatic carbocycles. The zero-order valence-corrected chi connectivity index (χ0v) is 14.8. The number of carbonyl (C=O) groups excluding carboxylic acids is 1. The van der Waals surface area contributed by atoms with E-state index in [9.17, 15) is 4.79 Å². The van der Waals surface area contributed by atoms with E-state index in [2.05, 4.69) is 22.4 Å². The smallest absolute Gasteiger partial charge is 0.253 e. The number of carbonyl (C=O) groups is 1. The van der Waals surface area contributed by atoms with Crippen LogP contribution in [0.4, 0.5) is 0 Å². The highest BCUT2D eigenvalue weighted by Gasteiger charge is 2.23. The fourth-order valence-corrected chi connectivity index (χ4v) is 3.25. The van der Waals surface area contributed by atoms with E-state index in [-0.39, 0.29) is 11.9 Å². The largest absolute Gasteiger partial charge is 0.349 e. The van der Waals surface area contributed by atoms with Gasteiger partial charge in [-0.2, -0.15) is 0 Å². The Morgan fingerprint density at radius 3 is 2.46 bits per heavy atom. The summed E-state index contributed by atoms with van der Waals surface area (Å²) in [5.74, 6) is -0.0784. The van der Waals surface area contributed by atoms with Crippen molar-refractivity contribution in [3.05, 3.63) is 63.9 Å². The van der Waals surface area contributed by atoms with Crippen LogP contribution in [0.5, 0.6) is 0 Å². The minimum atomic E-state index is -0.0784. The minimum Gasteiger partial charge on any atom is -0.349 e. The number of pyridine rings is 1. The molecule has 1 saturated heterocycles. The molecule has 1 fully saturated rings. The molecule has 0 atom stereocenters. The van der Waals surface area contributed by atoms with E-state index in [1.54, 1.807) is 12.1 Å². The molecule has 3 rings (SSSR count). The van der Waals surface area contributed by atoms with Crippen LogP contribution in [0.25, 0.3) is 0 Å². The van der Waals surface area contributed by atoms with Crippen molar-refractivity contribution >= 4 is 29.1 Å². The van der Waals surface area contributed by atoms with Crippen LogP contribution in [-0.2, 0) is 6.54 Å². The summed E-state index contributed by atoms with van der Waals surface area (Å²) in [6, 6.07) is 11.6. The van der Waals surface area contributed by atoms with E-state index < -0.39 is 0 Å². The predicted molar refractivity (Wildman–Crippen MR) is 95.6 cm³/mol. The van der Waals surface area contributed by atoms with Crippen LogP contribution in [-0.4, -0.2) is 30.0 Å². The second kappa shape index (κ2) is 7.97. The van der Waals surface area contributed by atoms with Crippen molar-refractivity contribution in [2.24, 2.45) is 0 Å². The van der Waals surface area contributed by atoms with Gasteiger partial charge in [-0.15, -0.1) is 0 Å². The van der Waals surface area contributed by atoms with Gasteiger partial charge < -0.3 is 10.2 Å². The average Bonchev–Trinajstić information content (AvgIpc) is 2.59. The average molecular weight is 365 g/mol. The third-order valence-corrected chi connectivity index (χ3v) is 4.86. The number of nitrogens with zero attached hydrogens (tertiary/aromatic N) is 1. The van der Waals surface area contributed by atoms with Crippen molar-refractivity contribution in [2.45, 2.75) is 25.4 Å². The van der Waals surface area contributed by atoms with Gasteiger partial charge in [-0.3, -0.25) is 4.79 Å². The van der Waals surface area contributed by atoms with Gasteiger partial charge in [-0.25, -0.2) is 4.98 Å². The SMILES string of the molecule is O=C(NC1CC[NH+](Cc2ccc(Cl)cc2)CC1)c1ccc(Cl)nc1. The number of hydrogen-bond acceptors (Lipinski definition) is 2. The number of piperidine rings is 1. The van der Waals surface area contributed by atoms with Crippen LogP contribution in [0, 0.1) is 0 Å². The lowest BCUT2D eigenvalue weighted by Crippen LogP contribution is -3.12.